The fourth-order valence-corrected chi connectivity index (χ4v) is 4.16. The molecule has 1 N–H and O–H groups in total. The van der Waals surface area contributed by atoms with Crippen LogP contribution >= 0.6 is 23.2 Å². The first-order valence-corrected chi connectivity index (χ1v) is 10.7. The third kappa shape index (κ3) is 5.39. The van der Waals surface area contributed by atoms with Crippen LogP contribution in [0.4, 0.5) is 13.2 Å². The van der Waals surface area contributed by atoms with E-state index in [4.69, 9.17) is 27.9 Å². The summed E-state index contributed by atoms with van der Waals surface area (Å²) in [5, 5.41) is 5.31. The van der Waals surface area contributed by atoms with Gasteiger partial charge in [0.15, 0.2) is 12.4 Å². The molecule has 0 aliphatic carbocycles. The minimum absolute atomic E-state index is 0. The van der Waals surface area contributed by atoms with Crippen molar-refractivity contribution < 1.29 is 17.9 Å². The Bertz CT molecular complexity index is 1350. The van der Waals surface area contributed by atoms with Gasteiger partial charge in [-0.05, 0) is 12.1 Å². The average molecular weight is 522 g/mol. The molecule has 0 amide bonds. The summed E-state index contributed by atoms with van der Waals surface area (Å²) in [4.78, 5) is 11.9. The number of nitrogens with one attached hydrogen (secondary N) is 1. The Morgan fingerprint density at radius 3 is 2.35 bits per heavy atom. The van der Waals surface area contributed by atoms with Crippen LogP contribution in [0.5, 0.6) is 5.88 Å². The molecule has 0 aliphatic rings. The van der Waals surface area contributed by atoms with Crippen molar-refractivity contribution in [3.8, 4) is 28.7 Å². The first-order chi connectivity index (χ1) is 15.3. The number of aryl methyl sites for hydroxylation is 1. The number of halogens is 5. The number of fused-ring (bicyclic) bond motifs is 1. The molecule has 4 aromatic rings. The van der Waals surface area contributed by atoms with Crippen molar-refractivity contribution in [2.24, 2.45) is 7.05 Å². The molecule has 3 heterocycles. The van der Waals surface area contributed by atoms with Crippen LogP contribution < -0.4 is 4.74 Å². The Morgan fingerprint density at radius 1 is 1.09 bits per heavy atom. The van der Waals surface area contributed by atoms with Crippen molar-refractivity contribution in [2.75, 3.05) is 6.61 Å². The van der Waals surface area contributed by atoms with E-state index in [1.807, 2.05) is 20.8 Å². The summed E-state index contributed by atoms with van der Waals surface area (Å²) in [6.45, 7) is 4.43. The first kappa shape index (κ1) is 26.8. The monoisotopic (exact) mass is 521 g/mol. The van der Waals surface area contributed by atoms with E-state index in [1.165, 1.54) is 0 Å². The molecule has 0 radical (unpaired) electrons. The predicted octanol–water partition coefficient (Wildman–Crippen LogP) is 5.92. The van der Waals surface area contributed by atoms with Crippen LogP contribution in [-0.2, 0) is 12.5 Å². The van der Waals surface area contributed by atoms with Crippen LogP contribution in [0.1, 0.15) is 26.5 Å². The number of pyridine rings is 1. The molecule has 0 spiro atoms. The van der Waals surface area contributed by atoms with Gasteiger partial charge >= 0.3 is 35.7 Å². The van der Waals surface area contributed by atoms with E-state index in [0.717, 1.165) is 0 Å². The number of benzene rings is 1. The molecule has 4 rings (SSSR count). The van der Waals surface area contributed by atoms with E-state index < -0.39 is 12.8 Å². The predicted molar refractivity (Wildman–Crippen MR) is 129 cm³/mol. The van der Waals surface area contributed by atoms with Crippen molar-refractivity contribution in [1.29, 1.82) is 0 Å². The van der Waals surface area contributed by atoms with Gasteiger partial charge < -0.3 is 9.72 Å². The molecule has 12 heteroatoms. The third-order valence-corrected chi connectivity index (χ3v) is 5.58. The van der Waals surface area contributed by atoms with Gasteiger partial charge in [0.25, 0.3) is 0 Å². The van der Waals surface area contributed by atoms with E-state index in [2.05, 4.69) is 20.1 Å². The molecule has 0 saturated heterocycles. The van der Waals surface area contributed by atoms with Gasteiger partial charge in [0.1, 0.15) is 11.2 Å². The number of aromatic nitrogens is 5. The van der Waals surface area contributed by atoms with Crippen LogP contribution in [0.2, 0.25) is 10.0 Å². The number of nitrogens with zero attached hydrogens (tertiary/aromatic N) is 4. The van der Waals surface area contributed by atoms with E-state index in [1.54, 1.807) is 42.1 Å². The molecule has 0 atom stereocenters. The summed E-state index contributed by atoms with van der Waals surface area (Å²) in [5.41, 5.74) is 2.27. The Labute approximate surface area is 226 Å². The van der Waals surface area contributed by atoms with Gasteiger partial charge in [0.05, 0.1) is 21.9 Å². The minimum atomic E-state index is -4.54. The van der Waals surface area contributed by atoms with Gasteiger partial charge in [-0.2, -0.15) is 18.3 Å². The summed E-state index contributed by atoms with van der Waals surface area (Å²) in [7, 11) is 1.72. The average Bonchev–Trinajstić information content (AvgIpc) is 3.25. The summed E-state index contributed by atoms with van der Waals surface area (Å²) in [6.07, 6.45) is -4.54. The first-order valence-electron chi connectivity index (χ1n) is 9.93. The number of aromatic amines is 1. The van der Waals surface area contributed by atoms with Crippen molar-refractivity contribution in [3.05, 3.63) is 46.1 Å². The number of hydrogen-bond donors (Lipinski definition) is 1. The molecule has 3 aromatic heterocycles. The van der Waals surface area contributed by atoms with E-state index in [9.17, 15) is 13.2 Å². The Balaban J connectivity index is 0.00000324. The molecule has 34 heavy (non-hydrogen) atoms. The fourth-order valence-electron chi connectivity index (χ4n) is 3.39. The zero-order valence-corrected chi connectivity index (χ0v) is 19.7. The molecule has 0 saturated carbocycles. The summed E-state index contributed by atoms with van der Waals surface area (Å²) in [5.74, 6) is 0.0864. The van der Waals surface area contributed by atoms with Gasteiger partial charge in [-0.15, -0.1) is 0 Å². The zero-order valence-electron chi connectivity index (χ0n) is 18.2. The van der Waals surface area contributed by atoms with E-state index in [0.29, 0.717) is 44.0 Å². The zero-order chi connectivity index (χ0) is 24.1. The summed E-state index contributed by atoms with van der Waals surface area (Å²) < 4.78 is 45.3. The number of H-pyrrole nitrogens is 1. The van der Waals surface area contributed by atoms with Gasteiger partial charge in [0.2, 0.25) is 5.88 Å². The molecular weight excluding hydrogens is 501 g/mol. The Hall–Kier alpha value is -1.78. The second kappa shape index (κ2) is 9.70. The number of hydrogen-bond acceptors (Lipinski definition) is 4. The van der Waals surface area contributed by atoms with Crippen LogP contribution in [0.25, 0.3) is 33.8 Å². The normalized spacial score (nSPS) is 12.1. The van der Waals surface area contributed by atoms with Crippen LogP contribution in [0.15, 0.2) is 30.3 Å². The molecule has 6 nitrogen and oxygen atoms in total. The summed E-state index contributed by atoms with van der Waals surface area (Å²) >= 11 is 12.9. The molecule has 0 fully saturated rings. The number of imidazole rings is 1. The molecule has 0 aliphatic heterocycles. The van der Waals surface area contributed by atoms with Crippen LogP contribution in [-0.4, -0.2) is 67.1 Å². The van der Waals surface area contributed by atoms with Crippen LogP contribution in [0.3, 0.4) is 0 Å². The molecular formula is C22H21Cl2F3N5NaO. The van der Waals surface area contributed by atoms with E-state index in [-0.39, 0.29) is 46.4 Å². The molecule has 0 bridgehead atoms. The van der Waals surface area contributed by atoms with Crippen molar-refractivity contribution in [2.45, 2.75) is 32.4 Å². The summed E-state index contributed by atoms with van der Waals surface area (Å²) in [6, 6.07) is 8.51. The number of rotatable bonds is 4. The van der Waals surface area contributed by atoms with Crippen molar-refractivity contribution in [3.63, 3.8) is 0 Å². The van der Waals surface area contributed by atoms with Crippen molar-refractivity contribution >= 4 is 63.8 Å². The number of ether oxygens (including phenoxy) is 1. The standard InChI is InChI=1S/C22H20Cl2F3N5O.Na.H/c1-21(2,3)18-15(24)17(32(4)31-18)19-28-14-9-13(11-7-5-6-8-12(11)23)29-20(16(14)30-19)33-10-22(25,26)27;;/h5-9H,10H2,1-4H3,(H,28,30);;. The Morgan fingerprint density at radius 2 is 1.76 bits per heavy atom. The maximum absolute atomic E-state index is 12.9. The maximum atomic E-state index is 12.9. The van der Waals surface area contributed by atoms with E-state index >= 15 is 0 Å². The fraction of sp³-hybridized carbons (Fsp3) is 0.318. The van der Waals surface area contributed by atoms with Gasteiger partial charge in [0, 0.05) is 23.0 Å². The van der Waals surface area contributed by atoms with Crippen LogP contribution in [0, 0.1) is 0 Å². The second-order valence-corrected chi connectivity index (χ2v) is 9.35. The SMILES string of the molecule is Cn1nc(C(C)(C)C)c(Cl)c1-c1nc2cc(-c3ccccc3Cl)nc(OCC(F)(F)F)c2[nH]1.[NaH]. The molecule has 0 unspecified atom stereocenters. The van der Waals surface area contributed by atoms with Gasteiger partial charge in [-0.25, -0.2) is 9.97 Å². The Kier molecular flexibility index (Phi) is 7.65. The number of alkyl halides is 3. The third-order valence-electron chi connectivity index (χ3n) is 4.89. The molecule has 176 valence electrons. The van der Waals surface area contributed by atoms with Gasteiger partial charge in [-0.1, -0.05) is 62.2 Å². The second-order valence-electron chi connectivity index (χ2n) is 8.56. The molecule has 1 aromatic carbocycles. The quantitative estimate of drug-likeness (QED) is 0.338. The van der Waals surface area contributed by atoms with Crippen molar-refractivity contribution in [1.82, 2.24) is 24.7 Å². The van der Waals surface area contributed by atoms with Gasteiger partial charge in [-0.3, -0.25) is 4.68 Å². The topological polar surface area (TPSA) is 68.6 Å².